The SMILES string of the molecule is CC1=CC(C)C(C(C)O)C(C)(C)C1. The standard InChI is InChI=1S/C12H22O/c1-8-6-9(2)11(10(3)13)12(4,5)7-8/h6,9-11,13H,7H2,1-5H3. The molecule has 1 heteroatoms. The summed E-state index contributed by atoms with van der Waals surface area (Å²) in [6, 6.07) is 0. The molecule has 0 aliphatic heterocycles. The summed E-state index contributed by atoms with van der Waals surface area (Å²) >= 11 is 0. The average Bonchev–Trinajstić information content (AvgIpc) is 1.78. The molecule has 1 aliphatic rings. The molecule has 0 bridgehead atoms. The highest BCUT2D eigenvalue weighted by Crippen LogP contribution is 2.44. The van der Waals surface area contributed by atoms with Gasteiger partial charge >= 0.3 is 0 Å². The van der Waals surface area contributed by atoms with Crippen molar-refractivity contribution in [3.05, 3.63) is 11.6 Å². The molecule has 0 aromatic rings. The normalized spacial score (nSPS) is 35.4. The summed E-state index contributed by atoms with van der Waals surface area (Å²) in [7, 11) is 0. The molecule has 0 aromatic carbocycles. The van der Waals surface area contributed by atoms with Crippen molar-refractivity contribution in [1.82, 2.24) is 0 Å². The summed E-state index contributed by atoms with van der Waals surface area (Å²) in [5.41, 5.74) is 1.71. The Bertz CT molecular complexity index is 213. The van der Waals surface area contributed by atoms with Gasteiger partial charge in [-0.1, -0.05) is 32.4 Å². The van der Waals surface area contributed by atoms with Gasteiger partial charge in [0.1, 0.15) is 0 Å². The van der Waals surface area contributed by atoms with Crippen molar-refractivity contribution >= 4 is 0 Å². The highest BCUT2D eigenvalue weighted by Gasteiger charge is 2.38. The molecular weight excluding hydrogens is 160 g/mol. The summed E-state index contributed by atoms with van der Waals surface area (Å²) in [6.45, 7) is 10.8. The Morgan fingerprint density at radius 3 is 2.46 bits per heavy atom. The van der Waals surface area contributed by atoms with Crippen LogP contribution in [0, 0.1) is 17.3 Å². The fourth-order valence-corrected chi connectivity index (χ4v) is 3.25. The van der Waals surface area contributed by atoms with E-state index in [1.807, 2.05) is 6.92 Å². The fraction of sp³-hybridized carbons (Fsp3) is 0.833. The number of hydrogen-bond acceptors (Lipinski definition) is 1. The molecular formula is C12H22O. The lowest BCUT2D eigenvalue weighted by Crippen LogP contribution is -2.39. The summed E-state index contributed by atoms with van der Waals surface area (Å²) in [5, 5.41) is 9.74. The van der Waals surface area contributed by atoms with E-state index in [-0.39, 0.29) is 11.5 Å². The van der Waals surface area contributed by atoms with Gasteiger partial charge in [-0.25, -0.2) is 0 Å². The van der Waals surface area contributed by atoms with E-state index in [2.05, 4.69) is 33.8 Å². The monoisotopic (exact) mass is 182 g/mol. The smallest absolute Gasteiger partial charge is 0.0551 e. The first-order valence-electron chi connectivity index (χ1n) is 5.20. The Labute approximate surface area is 81.9 Å². The minimum atomic E-state index is -0.200. The molecule has 1 aliphatic carbocycles. The Hall–Kier alpha value is -0.300. The van der Waals surface area contributed by atoms with Gasteiger partial charge in [-0.2, -0.15) is 0 Å². The van der Waals surface area contributed by atoms with Crippen LogP contribution in [0.25, 0.3) is 0 Å². The molecule has 3 atom stereocenters. The average molecular weight is 182 g/mol. The van der Waals surface area contributed by atoms with Crippen molar-refractivity contribution in [2.24, 2.45) is 17.3 Å². The number of hydrogen-bond donors (Lipinski definition) is 1. The molecule has 76 valence electrons. The zero-order valence-corrected chi connectivity index (χ0v) is 9.46. The molecule has 1 rings (SSSR count). The van der Waals surface area contributed by atoms with Crippen LogP contribution in [0.1, 0.15) is 41.0 Å². The van der Waals surface area contributed by atoms with E-state index < -0.39 is 0 Å². The maximum atomic E-state index is 9.74. The molecule has 1 nitrogen and oxygen atoms in total. The van der Waals surface area contributed by atoms with Crippen LogP contribution in [0.15, 0.2) is 11.6 Å². The van der Waals surface area contributed by atoms with E-state index >= 15 is 0 Å². The summed E-state index contributed by atoms with van der Waals surface area (Å²) in [4.78, 5) is 0. The molecule has 3 unspecified atom stereocenters. The van der Waals surface area contributed by atoms with Gasteiger partial charge in [0.05, 0.1) is 6.10 Å². The van der Waals surface area contributed by atoms with E-state index in [4.69, 9.17) is 0 Å². The van der Waals surface area contributed by atoms with Crippen molar-refractivity contribution < 1.29 is 5.11 Å². The second kappa shape index (κ2) is 3.45. The van der Waals surface area contributed by atoms with Crippen LogP contribution in [-0.4, -0.2) is 11.2 Å². The first-order valence-corrected chi connectivity index (χ1v) is 5.20. The van der Waals surface area contributed by atoms with Crippen molar-refractivity contribution in [3.63, 3.8) is 0 Å². The number of aliphatic hydroxyl groups excluding tert-OH is 1. The molecule has 0 radical (unpaired) electrons. The van der Waals surface area contributed by atoms with Crippen LogP contribution in [0.5, 0.6) is 0 Å². The van der Waals surface area contributed by atoms with Gasteiger partial charge in [0.2, 0.25) is 0 Å². The Morgan fingerprint density at radius 1 is 1.54 bits per heavy atom. The zero-order valence-electron chi connectivity index (χ0n) is 9.46. The molecule has 0 aromatic heterocycles. The summed E-state index contributed by atoms with van der Waals surface area (Å²) in [6.07, 6.45) is 3.23. The van der Waals surface area contributed by atoms with E-state index in [1.165, 1.54) is 5.57 Å². The molecule has 0 spiro atoms. The predicted octanol–water partition coefficient (Wildman–Crippen LogP) is 3.00. The van der Waals surface area contributed by atoms with Crippen molar-refractivity contribution in [2.45, 2.75) is 47.1 Å². The fourth-order valence-electron chi connectivity index (χ4n) is 3.25. The lowest BCUT2D eigenvalue weighted by molar-refractivity contribution is 0.0172. The van der Waals surface area contributed by atoms with E-state index in [1.54, 1.807) is 0 Å². The number of rotatable bonds is 1. The lowest BCUT2D eigenvalue weighted by Gasteiger charge is -2.43. The topological polar surface area (TPSA) is 20.2 Å². The lowest BCUT2D eigenvalue weighted by atomic mass is 9.63. The molecule has 0 heterocycles. The first-order chi connectivity index (χ1) is 5.84. The third-order valence-corrected chi connectivity index (χ3v) is 3.27. The van der Waals surface area contributed by atoms with Crippen LogP contribution >= 0.6 is 0 Å². The number of aliphatic hydroxyl groups is 1. The van der Waals surface area contributed by atoms with E-state index in [9.17, 15) is 5.11 Å². The number of allylic oxidation sites excluding steroid dienone is 2. The van der Waals surface area contributed by atoms with Gasteiger partial charge in [-0.15, -0.1) is 0 Å². The third-order valence-electron chi connectivity index (χ3n) is 3.27. The minimum Gasteiger partial charge on any atom is -0.393 e. The molecule has 0 saturated carbocycles. The molecule has 0 amide bonds. The maximum Gasteiger partial charge on any atom is 0.0551 e. The van der Waals surface area contributed by atoms with Crippen molar-refractivity contribution in [3.8, 4) is 0 Å². The largest absolute Gasteiger partial charge is 0.393 e. The van der Waals surface area contributed by atoms with Gasteiger partial charge < -0.3 is 5.11 Å². The highest BCUT2D eigenvalue weighted by atomic mass is 16.3. The van der Waals surface area contributed by atoms with Gasteiger partial charge in [0, 0.05) is 0 Å². The molecule has 0 saturated heterocycles. The molecule has 1 N–H and O–H groups in total. The van der Waals surface area contributed by atoms with Gasteiger partial charge in [0.15, 0.2) is 0 Å². The maximum absolute atomic E-state index is 9.74. The van der Waals surface area contributed by atoms with Crippen molar-refractivity contribution in [2.75, 3.05) is 0 Å². The van der Waals surface area contributed by atoms with E-state index in [0.29, 0.717) is 11.8 Å². The van der Waals surface area contributed by atoms with Gasteiger partial charge in [0.25, 0.3) is 0 Å². The van der Waals surface area contributed by atoms with Crippen LogP contribution in [0.3, 0.4) is 0 Å². The first kappa shape index (κ1) is 10.8. The summed E-state index contributed by atoms with van der Waals surface area (Å²) < 4.78 is 0. The Balaban J connectivity index is 2.93. The van der Waals surface area contributed by atoms with Gasteiger partial charge in [-0.05, 0) is 37.5 Å². The van der Waals surface area contributed by atoms with Crippen LogP contribution in [0.4, 0.5) is 0 Å². The Kier molecular flexibility index (Phi) is 2.86. The highest BCUT2D eigenvalue weighted by molar-refractivity contribution is 5.12. The third kappa shape index (κ3) is 2.14. The van der Waals surface area contributed by atoms with E-state index in [0.717, 1.165) is 6.42 Å². The van der Waals surface area contributed by atoms with Crippen LogP contribution < -0.4 is 0 Å². The van der Waals surface area contributed by atoms with Crippen LogP contribution in [-0.2, 0) is 0 Å². The quantitative estimate of drug-likeness (QED) is 0.618. The van der Waals surface area contributed by atoms with Gasteiger partial charge in [-0.3, -0.25) is 0 Å². The predicted molar refractivity (Wildman–Crippen MR) is 56.5 cm³/mol. The zero-order chi connectivity index (χ0) is 10.2. The molecule has 13 heavy (non-hydrogen) atoms. The second-order valence-corrected chi connectivity index (χ2v) is 5.30. The second-order valence-electron chi connectivity index (χ2n) is 5.30. The van der Waals surface area contributed by atoms with Crippen molar-refractivity contribution in [1.29, 1.82) is 0 Å². The summed E-state index contributed by atoms with van der Waals surface area (Å²) in [5.74, 6) is 0.903. The Morgan fingerprint density at radius 2 is 2.08 bits per heavy atom. The molecule has 0 fully saturated rings. The minimum absolute atomic E-state index is 0.200. The van der Waals surface area contributed by atoms with Crippen LogP contribution in [0.2, 0.25) is 0 Å².